The quantitative estimate of drug-likeness (QED) is 0.709. The zero-order valence-corrected chi connectivity index (χ0v) is 9.48. The van der Waals surface area contributed by atoms with Gasteiger partial charge in [-0.1, -0.05) is 43.3 Å². The molecule has 1 aliphatic carbocycles. The molecule has 2 aromatic rings. The van der Waals surface area contributed by atoms with Gasteiger partial charge in [-0.05, 0) is 40.7 Å². The SMILES string of the molecule is C[C@@H]1CCc2ccc3ccccc3c2[C@@H]1O. The second-order valence-corrected chi connectivity index (χ2v) is 4.82. The molecule has 0 aromatic heterocycles. The van der Waals surface area contributed by atoms with Gasteiger partial charge in [0, 0.05) is 0 Å². The summed E-state index contributed by atoms with van der Waals surface area (Å²) in [5.74, 6) is 0.373. The van der Waals surface area contributed by atoms with Crippen LogP contribution < -0.4 is 0 Å². The normalized spacial score (nSPS) is 24.4. The van der Waals surface area contributed by atoms with E-state index in [1.807, 2.05) is 6.07 Å². The minimum Gasteiger partial charge on any atom is -0.388 e. The van der Waals surface area contributed by atoms with Crippen molar-refractivity contribution >= 4 is 10.8 Å². The highest BCUT2D eigenvalue weighted by atomic mass is 16.3. The van der Waals surface area contributed by atoms with E-state index < -0.39 is 0 Å². The molecule has 0 saturated heterocycles. The maximum absolute atomic E-state index is 10.3. The van der Waals surface area contributed by atoms with Crippen molar-refractivity contribution < 1.29 is 5.11 Å². The highest BCUT2D eigenvalue weighted by Crippen LogP contribution is 2.38. The first-order chi connectivity index (χ1) is 7.77. The van der Waals surface area contributed by atoms with Crippen LogP contribution >= 0.6 is 0 Å². The van der Waals surface area contributed by atoms with Gasteiger partial charge in [-0.25, -0.2) is 0 Å². The number of fused-ring (bicyclic) bond motifs is 3. The minimum atomic E-state index is -0.296. The smallest absolute Gasteiger partial charge is 0.0824 e. The van der Waals surface area contributed by atoms with Gasteiger partial charge in [0.1, 0.15) is 0 Å². The molecule has 1 heteroatoms. The molecule has 0 aliphatic heterocycles. The lowest BCUT2D eigenvalue weighted by Gasteiger charge is -2.28. The molecule has 0 saturated carbocycles. The number of rotatable bonds is 0. The van der Waals surface area contributed by atoms with E-state index in [1.165, 1.54) is 16.3 Å². The van der Waals surface area contributed by atoms with Gasteiger partial charge < -0.3 is 5.11 Å². The van der Waals surface area contributed by atoms with Crippen molar-refractivity contribution in [2.45, 2.75) is 25.9 Å². The molecule has 0 bridgehead atoms. The van der Waals surface area contributed by atoms with Crippen molar-refractivity contribution in [1.82, 2.24) is 0 Å². The molecule has 0 unspecified atom stereocenters. The van der Waals surface area contributed by atoms with E-state index in [0.717, 1.165) is 18.4 Å². The van der Waals surface area contributed by atoms with Crippen LogP contribution in [0.2, 0.25) is 0 Å². The first kappa shape index (κ1) is 9.86. The summed E-state index contributed by atoms with van der Waals surface area (Å²) in [6.45, 7) is 2.13. The van der Waals surface area contributed by atoms with Crippen LogP contribution in [0.15, 0.2) is 36.4 Å². The van der Waals surface area contributed by atoms with Crippen LogP contribution in [0.5, 0.6) is 0 Å². The Balaban J connectivity index is 2.32. The molecular weight excluding hydrogens is 196 g/mol. The number of benzene rings is 2. The first-order valence-corrected chi connectivity index (χ1v) is 5.96. The molecule has 2 atom stereocenters. The summed E-state index contributed by atoms with van der Waals surface area (Å²) in [5, 5.41) is 12.8. The number of hydrogen-bond donors (Lipinski definition) is 1. The lowest BCUT2D eigenvalue weighted by molar-refractivity contribution is 0.105. The van der Waals surface area contributed by atoms with Gasteiger partial charge in [0.05, 0.1) is 6.10 Å². The van der Waals surface area contributed by atoms with Crippen molar-refractivity contribution in [1.29, 1.82) is 0 Å². The fourth-order valence-electron chi connectivity index (χ4n) is 2.73. The Hall–Kier alpha value is -1.34. The van der Waals surface area contributed by atoms with Crippen molar-refractivity contribution in [3.63, 3.8) is 0 Å². The second kappa shape index (κ2) is 3.60. The Morgan fingerprint density at radius 1 is 1.12 bits per heavy atom. The number of hydrogen-bond acceptors (Lipinski definition) is 1. The van der Waals surface area contributed by atoms with Crippen LogP contribution in [-0.2, 0) is 6.42 Å². The van der Waals surface area contributed by atoms with Crippen LogP contribution in [0.4, 0.5) is 0 Å². The lowest BCUT2D eigenvalue weighted by atomic mass is 9.80. The van der Waals surface area contributed by atoms with Gasteiger partial charge in [-0.3, -0.25) is 0 Å². The second-order valence-electron chi connectivity index (χ2n) is 4.82. The van der Waals surface area contributed by atoms with E-state index in [9.17, 15) is 5.11 Å². The highest BCUT2D eigenvalue weighted by molar-refractivity contribution is 5.87. The van der Waals surface area contributed by atoms with E-state index >= 15 is 0 Å². The predicted molar refractivity (Wildman–Crippen MR) is 66.4 cm³/mol. The third-order valence-corrected chi connectivity index (χ3v) is 3.76. The van der Waals surface area contributed by atoms with Crippen molar-refractivity contribution in [3.8, 4) is 0 Å². The van der Waals surface area contributed by atoms with Crippen LogP contribution in [0.3, 0.4) is 0 Å². The topological polar surface area (TPSA) is 20.2 Å². The summed E-state index contributed by atoms with van der Waals surface area (Å²) in [6.07, 6.45) is 1.89. The largest absolute Gasteiger partial charge is 0.388 e. The summed E-state index contributed by atoms with van der Waals surface area (Å²) in [7, 11) is 0. The molecule has 2 aromatic carbocycles. The van der Waals surface area contributed by atoms with E-state index in [-0.39, 0.29) is 6.10 Å². The maximum Gasteiger partial charge on any atom is 0.0824 e. The van der Waals surface area contributed by atoms with Gasteiger partial charge in [0.15, 0.2) is 0 Å². The standard InChI is InChI=1S/C15H16O/c1-10-6-7-12-9-8-11-4-2-3-5-13(11)14(12)15(10)16/h2-5,8-10,15-16H,6-7H2,1H3/t10-,15-/m1/s1. The maximum atomic E-state index is 10.3. The summed E-state index contributed by atoms with van der Waals surface area (Å²) in [6, 6.07) is 12.7. The van der Waals surface area contributed by atoms with Gasteiger partial charge in [-0.2, -0.15) is 0 Å². The monoisotopic (exact) mass is 212 g/mol. The van der Waals surface area contributed by atoms with E-state index in [2.05, 4.69) is 37.3 Å². The van der Waals surface area contributed by atoms with E-state index in [0.29, 0.717) is 5.92 Å². The number of aliphatic hydroxyl groups excluding tert-OH is 1. The third kappa shape index (κ3) is 1.35. The van der Waals surface area contributed by atoms with Crippen LogP contribution in [0.1, 0.15) is 30.6 Å². The average molecular weight is 212 g/mol. The van der Waals surface area contributed by atoms with E-state index in [4.69, 9.17) is 0 Å². The molecular formula is C15H16O. The van der Waals surface area contributed by atoms with Crippen LogP contribution in [-0.4, -0.2) is 5.11 Å². The molecule has 0 amide bonds. The lowest BCUT2D eigenvalue weighted by Crippen LogP contribution is -2.18. The van der Waals surface area contributed by atoms with Crippen LogP contribution in [0.25, 0.3) is 10.8 Å². The molecule has 82 valence electrons. The van der Waals surface area contributed by atoms with Gasteiger partial charge in [-0.15, -0.1) is 0 Å². The fourth-order valence-corrected chi connectivity index (χ4v) is 2.73. The molecule has 0 fully saturated rings. The fraction of sp³-hybridized carbons (Fsp3) is 0.333. The molecule has 16 heavy (non-hydrogen) atoms. The van der Waals surface area contributed by atoms with Gasteiger partial charge in [0.2, 0.25) is 0 Å². The highest BCUT2D eigenvalue weighted by Gasteiger charge is 2.25. The zero-order chi connectivity index (χ0) is 11.1. The van der Waals surface area contributed by atoms with Crippen LogP contribution in [0, 0.1) is 5.92 Å². The Bertz CT molecular complexity index is 530. The zero-order valence-electron chi connectivity index (χ0n) is 9.48. The van der Waals surface area contributed by atoms with Crippen molar-refractivity contribution in [3.05, 3.63) is 47.5 Å². The van der Waals surface area contributed by atoms with Crippen molar-refractivity contribution in [2.75, 3.05) is 0 Å². The molecule has 0 heterocycles. The van der Waals surface area contributed by atoms with E-state index in [1.54, 1.807) is 0 Å². The summed E-state index contributed by atoms with van der Waals surface area (Å²) >= 11 is 0. The molecule has 1 nitrogen and oxygen atoms in total. The predicted octanol–water partition coefficient (Wildman–Crippen LogP) is 3.46. The molecule has 0 radical (unpaired) electrons. The Morgan fingerprint density at radius 2 is 1.94 bits per heavy atom. The molecule has 3 rings (SSSR count). The third-order valence-electron chi connectivity index (χ3n) is 3.76. The number of aliphatic hydroxyl groups is 1. The van der Waals surface area contributed by atoms with Gasteiger partial charge in [0.25, 0.3) is 0 Å². The average Bonchev–Trinajstić information content (AvgIpc) is 2.33. The first-order valence-electron chi connectivity index (χ1n) is 5.96. The number of aryl methyl sites for hydroxylation is 1. The molecule has 1 N–H and O–H groups in total. The minimum absolute atomic E-state index is 0.296. The molecule has 1 aliphatic rings. The summed E-state index contributed by atoms with van der Waals surface area (Å²) in [5.41, 5.74) is 2.49. The summed E-state index contributed by atoms with van der Waals surface area (Å²) < 4.78 is 0. The van der Waals surface area contributed by atoms with Crippen molar-refractivity contribution in [2.24, 2.45) is 5.92 Å². The Kier molecular flexibility index (Phi) is 2.22. The Morgan fingerprint density at radius 3 is 2.81 bits per heavy atom. The Labute approximate surface area is 95.7 Å². The molecule has 0 spiro atoms. The summed E-state index contributed by atoms with van der Waals surface area (Å²) in [4.78, 5) is 0. The van der Waals surface area contributed by atoms with Gasteiger partial charge >= 0.3 is 0 Å².